The minimum absolute atomic E-state index is 0.0477. The van der Waals surface area contributed by atoms with Gasteiger partial charge in [-0.15, -0.1) is 0 Å². The van der Waals surface area contributed by atoms with E-state index < -0.39 is 0 Å². The van der Waals surface area contributed by atoms with Crippen LogP contribution in [0.1, 0.15) is 41.0 Å². The topological polar surface area (TPSA) is 67.4 Å². The molecule has 1 aliphatic rings. The largest absolute Gasteiger partial charge is 0.435 e. The average molecular weight is 393 g/mol. The highest BCUT2D eigenvalue weighted by Gasteiger charge is 2.25. The number of nitrogens with zero attached hydrogens (tertiary/aromatic N) is 5. The lowest BCUT2D eigenvalue weighted by Gasteiger charge is -2.22. The van der Waals surface area contributed by atoms with Crippen LogP contribution in [0.5, 0.6) is 0 Å². The summed E-state index contributed by atoms with van der Waals surface area (Å²) in [7, 11) is 0. The first-order valence-electron chi connectivity index (χ1n) is 10.2. The number of aryl methyl sites for hydroxylation is 2. The maximum atomic E-state index is 12.9. The fraction of sp³-hybridized carbons (Fsp3) is 0.409. The summed E-state index contributed by atoms with van der Waals surface area (Å²) in [5.41, 5.74) is 3.01. The van der Waals surface area contributed by atoms with Gasteiger partial charge in [-0.1, -0.05) is 25.1 Å². The highest BCUT2D eigenvalue weighted by molar-refractivity contribution is 5.92. The molecule has 1 amide bonds. The third-order valence-electron chi connectivity index (χ3n) is 5.35. The van der Waals surface area contributed by atoms with Crippen molar-refractivity contribution in [3.63, 3.8) is 0 Å². The van der Waals surface area contributed by atoms with E-state index in [0.29, 0.717) is 30.3 Å². The van der Waals surface area contributed by atoms with Crippen LogP contribution in [-0.4, -0.2) is 56.7 Å². The molecule has 3 aromatic rings. The Morgan fingerprint density at radius 2 is 2.00 bits per heavy atom. The summed E-state index contributed by atoms with van der Waals surface area (Å²) < 4.78 is 7.58. The van der Waals surface area contributed by atoms with Crippen molar-refractivity contribution in [2.75, 3.05) is 26.2 Å². The van der Waals surface area contributed by atoms with Gasteiger partial charge in [-0.3, -0.25) is 9.69 Å². The molecule has 7 nitrogen and oxygen atoms in total. The summed E-state index contributed by atoms with van der Waals surface area (Å²) >= 11 is 0. The Hall–Kier alpha value is -2.93. The van der Waals surface area contributed by atoms with E-state index in [1.54, 1.807) is 6.20 Å². The predicted octanol–water partition coefficient (Wildman–Crippen LogP) is 3.08. The lowest BCUT2D eigenvalue weighted by molar-refractivity contribution is 0.0726. The SMILES string of the molecule is CCc1nc(C)c(C(=O)N2CCCN(Cc3ccccc3-n3cccn3)CC2)o1. The van der Waals surface area contributed by atoms with Crippen molar-refractivity contribution in [1.29, 1.82) is 0 Å². The average Bonchev–Trinajstić information content (AvgIpc) is 3.33. The molecule has 29 heavy (non-hydrogen) atoms. The van der Waals surface area contributed by atoms with E-state index in [0.717, 1.165) is 38.3 Å². The minimum Gasteiger partial charge on any atom is -0.435 e. The number of para-hydroxylation sites is 1. The van der Waals surface area contributed by atoms with Crippen LogP contribution < -0.4 is 0 Å². The van der Waals surface area contributed by atoms with E-state index in [1.807, 2.05) is 41.8 Å². The number of hydrogen-bond acceptors (Lipinski definition) is 5. The van der Waals surface area contributed by atoms with E-state index >= 15 is 0 Å². The highest BCUT2D eigenvalue weighted by atomic mass is 16.4. The second-order valence-electron chi connectivity index (χ2n) is 7.38. The normalized spacial score (nSPS) is 15.4. The molecule has 3 heterocycles. The first-order valence-corrected chi connectivity index (χ1v) is 10.2. The number of carbonyl (C=O) groups excluding carboxylic acids is 1. The van der Waals surface area contributed by atoms with Gasteiger partial charge in [0.05, 0.1) is 11.4 Å². The summed E-state index contributed by atoms with van der Waals surface area (Å²) in [6.45, 7) is 7.85. The molecule has 2 aromatic heterocycles. The quantitative estimate of drug-likeness (QED) is 0.666. The number of benzene rings is 1. The summed E-state index contributed by atoms with van der Waals surface area (Å²) in [6, 6.07) is 10.3. The van der Waals surface area contributed by atoms with Crippen LogP contribution in [0.2, 0.25) is 0 Å². The van der Waals surface area contributed by atoms with E-state index in [2.05, 4.69) is 33.2 Å². The molecule has 1 fully saturated rings. The van der Waals surface area contributed by atoms with Gasteiger partial charge < -0.3 is 9.32 Å². The van der Waals surface area contributed by atoms with Crippen LogP contribution in [0.15, 0.2) is 47.1 Å². The molecule has 0 unspecified atom stereocenters. The van der Waals surface area contributed by atoms with Crippen molar-refractivity contribution in [2.24, 2.45) is 0 Å². The fourth-order valence-electron chi connectivity index (χ4n) is 3.80. The summed E-state index contributed by atoms with van der Waals surface area (Å²) in [4.78, 5) is 21.6. The Morgan fingerprint density at radius 1 is 1.14 bits per heavy atom. The number of carbonyl (C=O) groups is 1. The van der Waals surface area contributed by atoms with Gasteiger partial charge in [-0.05, 0) is 31.0 Å². The minimum atomic E-state index is -0.0477. The van der Waals surface area contributed by atoms with Crippen molar-refractivity contribution in [1.82, 2.24) is 24.6 Å². The Labute approximate surface area is 170 Å². The zero-order valence-electron chi connectivity index (χ0n) is 17.0. The molecule has 0 N–H and O–H groups in total. The van der Waals surface area contributed by atoms with Crippen LogP contribution >= 0.6 is 0 Å². The van der Waals surface area contributed by atoms with Crippen LogP contribution in [0, 0.1) is 6.92 Å². The third kappa shape index (κ3) is 4.24. The molecule has 0 bridgehead atoms. The molecule has 1 aromatic carbocycles. The van der Waals surface area contributed by atoms with Gasteiger partial charge in [0.15, 0.2) is 5.89 Å². The summed E-state index contributed by atoms with van der Waals surface area (Å²) in [5, 5.41) is 4.37. The summed E-state index contributed by atoms with van der Waals surface area (Å²) in [5.74, 6) is 0.963. The van der Waals surface area contributed by atoms with Crippen LogP contribution in [0.3, 0.4) is 0 Å². The van der Waals surface area contributed by atoms with Crippen LogP contribution in [0.4, 0.5) is 0 Å². The molecular formula is C22H27N5O2. The zero-order valence-corrected chi connectivity index (χ0v) is 17.0. The molecule has 7 heteroatoms. The van der Waals surface area contributed by atoms with Gasteiger partial charge in [0, 0.05) is 51.5 Å². The molecule has 0 radical (unpaired) electrons. The van der Waals surface area contributed by atoms with Crippen molar-refractivity contribution in [3.05, 3.63) is 65.6 Å². The molecule has 0 aliphatic carbocycles. The van der Waals surface area contributed by atoms with Gasteiger partial charge in [0.2, 0.25) is 5.76 Å². The predicted molar refractivity (Wildman–Crippen MR) is 110 cm³/mol. The Morgan fingerprint density at radius 3 is 2.76 bits per heavy atom. The Bertz CT molecular complexity index is 964. The molecule has 0 atom stereocenters. The lowest BCUT2D eigenvalue weighted by Crippen LogP contribution is -2.35. The second kappa shape index (κ2) is 8.61. The Balaban J connectivity index is 1.43. The number of aromatic nitrogens is 3. The van der Waals surface area contributed by atoms with Gasteiger partial charge in [0.1, 0.15) is 0 Å². The fourth-order valence-corrected chi connectivity index (χ4v) is 3.80. The van der Waals surface area contributed by atoms with Crippen molar-refractivity contribution >= 4 is 5.91 Å². The van der Waals surface area contributed by atoms with Crippen molar-refractivity contribution < 1.29 is 9.21 Å². The first-order chi connectivity index (χ1) is 14.2. The maximum absolute atomic E-state index is 12.9. The lowest BCUT2D eigenvalue weighted by atomic mass is 10.1. The first kappa shape index (κ1) is 19.4. The highest BCUT2D eigenvalue weighted by Crippen LogP contribution is 2.19. The number of rotatable bonds is 5. The molecule has 4 rings (SSSR count). The zero-order chi connectivity index (χ0) is 20.2. The van der Waals surface area contributed by atoms with Gasteiger partial charge in [-0.2, -0.15) is 5.10 Å². The monoisotopic (exact) mass is 393 g/mol. The Kier molecular flexibility index (Phi) is 5.76. The standard InChI is InChI=1S/C22H27N5O2/c1-3-20-24-17(2)21(29-20)22(28)26-12-7-11-25(14-15-26)16-18-8-4-5-9-19(18)27-13-6-10-23-27/h4-6,8-10,13H,3,7,11-12,14-16H2,1-2H3. The van der Waals surface area contributed by atoms with E-state index in [4.69, 9.17) is 4.42 Å². The van der Waals surface area contributed by atoms with Crippen LogP contribution in [0.25, 0.3) is 5.69 Å². The third-order valence-corrected chi connectivity index (χ3v) is 5.35. The maximum Gasteiger partial charge on any atom is 0.291 e. The smallest absolute Gasteiger partial charge is 0.291 e. The molecule has 152 valence electrons. The number of oxazole rings is 1. The molecule has 1 aliphatic heterocycles. The van der Waals surface area contributed by atoms with Crippen molar-refractivity contribution in [2.45, 2.75) is 33.2 Å². The molecule has 0 spiro atoms. The van der Waals surface area contributed by atoms with E-state index in [9.17, 15) is 4.79 Å². The number of amides is 1. The molecule has 0 saturated carbocycles. The summed E-state index contributed by atoms with van der Waals surface area (Å²) in [6.07, 6.45) is 5.38. The second-order valence-corrected chi connectivity index (χ2v) is 7.38. The molecular weight excluding hydrogens is 366 g/mol. The van der Waals surface area contributed by atoms with E-state index in [-0.39, 0.29) is 5.91 Å². The number of hydrogen-bond donors (Lipinski definition) is 0. The van der Waals surface area contributed by atoms with Gasteiger partial charge in [0.25, 0.3) is 5.91 Å². The molecule has 1 saturated heterocycles. The van der Waals surface area contributed by atoms with Crippen LogP contribution in [-0.2, 0) is 13.0 Å². The van der Waals surface area contributed by atoms with Gasteiger partial charge >= 0.3 is 0 Å². The van der Waals surface area contributed by atoms with Crippen molar-refractivity contribution in [3.8, 4) is 5.69 Å². The van der Waals surface area contributed by atoms with Gasteiger partial charge in [-0.25, -0.2) is 9.67 Å². The van der Waals surface area contributed by atoms with E-state index in [1.165, 1.54) is 5.56 Å².